The number of amides is 2. The number of hydrogen-bond acceptors (Lipinski definition) is 3. The van der Waals surface area contributed by atoms with Crippen LogP contribution in [0.15, 0.2) is 0 Å². The first-order chi connectivity index (χ1) is 8.95. The minimum atomic E-state index is -0.431. The molecular weight excluding hydrogens is 244 g/mol. The minimum absolute atomic E-state index is 0.0644. The summed E-state index contributed by atoms with van der Waals surface area (Å²) in [5.41, 5.74) is -0.165. The molecule has 0 aromatic rings. The lowest BCUT2D eigenvalue weighted by Crippen LogP contribution is -2.63. The average Bonchev–Trinajstić information content (AvgIpc) is 3.23. The highest BCUT2D eigenvalue weighted by atomic mass is 16.6. The van der Waals surface area contributed by atoms with Gasteiger partial charge in [-0.25, -0.2) is 4.79 Å². The van der Waals surface area contributed by atoms with Crippen LogP contribution in [-0.4, -0.2) is 48.7 Å². The Balaban J connectivity index is 2.21. The number of ether oxygens (including phenoxy) is 1. The van der Waals surface area contributed by atoms with Gasteiger partial charge in [-0.1, -0.05) is 13.8 Å². The van der Waals surface area contributed by atoms with Gasteiger partial charge in [-0.05, 0) is 25.7 Å². The van der Waals surface area contributed by atoms with E-state index in [9.17, 15) is 9.59 Å². The van der Waals surface area contributed by atoms with Crippen LogP contribution in [0.25, 0.3) is 0 Å². The number of hydrogen-bond donors (Lipinski definition) is 0. The van der Waals surface area contributed by atoms with Crippen LogP contribution in [0.1, 0.15) is 39.5 Å². The van der Waals surface area contributed by atoms with E-state index < -0.39 is 6.23 Å². The predicted octanol–water partition coefficient (Wildman–Crippen LogP) is 2.07. The molecule has 0 aromatic heterocycles. The molecule has 19 heavy (non-hydrogen) atoms. The van der Waals surface area contributed by atoms with E-state index in [0.29, 0.717) is 6.54 Å². The monoisotopic (exact) mass is 268 g/mol. The molecule has 1 unspecified atom stereocenters. The molecule has 1 aliphatic heterocycles. The first kappa shape index (κ1) is 14.2. The quantitative estimate of drug-likeness (QED) is 0.733. The highest BCUT2D eigenvalue weighted by Crippen LogP contribution is 2.40. The van der Waals surface area contributed by atoms with Crippen LogP contribution in [0.4, 0.5) is 4.79 Å². The van der Waals surface area contributed by atoms with Crippen molar-refractivity contribution in [1.82, 2.24) is 9.80 Å². The van der Waals surface area contributed by atoms with Crippen molar-refractivity contribution in [3.8, 4) is 0 Å². The van der Waals surface area contributed by atoms with Crippen molar-refractivity contribution in [2.24, 2.45) is 11.3 Å². The second kappa shape index (κ2) is 5.02. The standard InChI is InChI=1S/C14H24N2O3/c1-5-14(6-2)9-15(3)13(18)16(4)12(14)19-11(17)10-7-8-10/h10,12H,5-9H2,1-4H3. The van der Waals surface area contributed by atoms with E-state index in [0.717, 1.165) is 25.7 Å². The maximum Gasteiger partial charge on any atom is 0.322 e. The van der Waals surface area contributed by atoms with Crippen LogP contribution in [0, 0.1) is 11.3 Å². The highest BCUT2D eigenvalue weighted by Gasteiger charge is 2.49. The van der Waals surface area contributed by atoms with Crippen molar-refractivity contribution in [2.75, 3.05) is 20.6 Å². The van der Waals surface area contributed by atoms with Gasteiger partial charge in [-0.2, -0.15) is 0 Å². The molecule has 5 nitrogen and oxygen atoms in total. The third-order valence-electron chi connectivity index (χ3n) is 4.60. The lowest BCUT2D eigenvalue weighted by Gasteiger charge is -2.50. The topological polar surface area (TPSA) is 49.9 Å². The normalized spacial score (nSPS) is 26.5. The van der Waals surface area contributed by atoms with Crippen LogP contribution >= 0.6 is 0 Å². The van der Waals surface area contributed by atoms with Gasteiger partial charge in [-0.3, -0.25) is 9.69 Å². The number of carbonyl (C=O) groups excluding carboxylic acids is 2. The summed E-state index contributed by atoms with van der Waals surface area (Å²) < 4.78 is 5.68. The van der Waals surface area contributed by atoms with Gasteiger partial charge in [0, 0.05) is 26.1 Å². The van der Waals surface area contributed by atoms with E-state index in [1.54, 1.807) is 23.9 Å². The zero-order valence-electron chi connectivity index (χ0n) is 12.3. The Morgan fingerprint density at radius 3 is 2.37 bits per heavy atom. The smallest absolute Gasteiger partial charge is 0.322 e. The number of rotatable bonds is 4. The fourth-order valence-electron chi connectivity index (χ4n) is 2.95. The van der Waals surface area contributed by atoms with Crippen molar-refractivity contribution in [1.29, 1.82) is 0 Å². The summed E-state index contributed by atoms with van der Waals surface area (Å²) in [7, 11) is 3.53. The molecule has 1 aliphatic carbocycles. The summed E-state index contributed by atoms with van der Waals surface area (Å²) in [4.78, 5) is 27.3. The zero-order chi connectivity index (χ0) is 14.2. The van der Waals surface area contributed by atoms with Gasteiger partial charge in [0.25, 0.3) is 0 Å². The van der Waals surface area contributed by atoms with Crippen molar-refractivity contribution in [2.45, 2.75) is 45.8 Å². The summed E-state index contributed by atoms with van der Waals surface area (Å²) >= 11 is 0. The van der Waals surface area contributed by atoms with Crippen LogP contribution < -0.4 is 0 Å². The number of nitrogens with zero attached hydrogens (tertiary/aromatic N) is 2. The average molecular weight is 268 g/mol. The number of esters is 1. The summed E-state index contributed by atoms with van der Waals surface area (Å²) in [6.45, 7) is 4.84. The number of urea groups is 1. The van der Waals surface area contributed by atoms with Crippen molar-refractivity contribution < 1.29 is 14.3 Å². The molecule has 2 fully saturated rings. The van der Waals surface area contributed by atoms with Gasteiger partial charge in [0.2, 0.25) is 0 Å². The molecule has 108 valence electrons. The van der Waals surface area contributed by atoms with Crippen LogP contribution in [0.2, 0.25) is 0 Å². The van der Waals surface area contributed by atoms with E-state index in [1.165, 1.54) is 0 Å². The Labute approximate surface area is 114 Å². The lowest BCUT2D eigenvalue weighted by molar-refractivity contribution is -0.179. The first-order valence-electron chi connectivity index (χ1n) is 7.13. The Morgan fingerprint density at radius 2 is 1.89 bits per heavy atom. The maximum absolute atomic E-state index is 12.1. The Morgan fingerprint density at radius 1 is 1.32 bits per heavy atom. The Hall–Kier alpha value is -1.26. The largest absolute Gasteiger partial charge is 0.441 e. The molecule has 0 aromatic carbocycles. The molecule has 0 N–H and O–H groups in total. The van der Waals surface area contributed by atoms with E-state index in [4.69, 9.17) is 4.74 Å². The molecular formula is C14H24N2O3. The van der Waals surface area contributed by atoms with Crippen molar-refractivity contribution in [3.63, 3.8) is 0 Å². The van der Waals surface area contributed by atoms with Gasteiger partial charge in [-0.15, -0.1) is 0 Å². The predicted molar refractivity (Wildman–Crippen MR) is 71.4 cm³/mol. The molecule has 2 amide bonds. The molecule has 1 saturated heterocycles. The Kier molecular flexibility index (Phi) is 3.74. The fourth-order valence-corrected chi connectivity index (χ4v) is 2.95. The Bertz CT molecular complexity index is 375. The fraction of sp³-hybridized carbons (Fsp3) is 0.857. The van der Waals surface area contributed by atoms with E-state index in [2.05, 4.69) is 13.8 Å². The van der Waals surface area contributed by atoms with E-state index in [1.807, 2.05) is 0 Å². The van der Waals surface area contributed by atoms with Crippen LogP contribution in [0.5, 0.6) is 0 Å². The second-order valence-electron chi connectivity index (χ2n) is 5.88. The van der Waals surface area contributed by atoms with Gasteiger partial charge in [0.15, 0.2) is 6.23 Å². The van der Waals surface area contributed by atoms with Crippen molar-refractivity contribution >= 4 is 12.0 Å². The molecule has 0 bridgehead atoms. The summed E-state index contributed by atoms with van der Waals surface area (Å²) in [5.74, 6) is -0.0740. The third kappa shape index (κ3) is 2.42. The number of carbonyl (C=O) groups is 2. The van der Waals surface area contributed by atoms with E-state index in [-0.39, 0.29) is 23.3 Å². The molecule has 5 heteroatoms. The molecule has 1 atom stereocenters. The molecule has 0 spiro atoms. The summed E-state index contributed by atoms with van der Waals surface area (Å²) in [5, 5.41) is 0. The minimum Gasteiger partial charge on any atom is -0.441 e. The summed E-state index contributed by atoms with van der Waals surface area (Å²) in [6, 6.07) is -0.0777. The van der Waals surface area contributed by atoms with Gasteiger partial charge in [0.1, 0.15) is 0 Å². The molecule has 1 heterocycles. The van der Waals surface area contributed by atoms with Gasteiger partial charge >= 0.3 is 12.0 Å². The first-order valence-corrected chi connectivity index (χ1v) is 7.13. The van der Waals surface area contributed by atoms with E-state index >= 15 is 0 Å². The molecule has 1 saturated carbocycles. The lowest BCUT2D eigenvalue weighted by atomic mass is 9.78. The maximum atomic E-state index is 12.1. The summed E-state index contributed by atoms with van der Waals surface area (Å²) in [6.07, 6.45) is 3.18. The molecule has 2 rings (SSSR count). The second-order valence-corrected chi connectivity index (χ2v) is 5.88. The zero-order valence-corrected chi connectivity index (χ0v) is 12.3. The van der Waals surface area contributed by atoms with Gasteiger partial charge < -0.3 is 9.64 Å². The highest BCUT2D eigenvalue weighted by molar-refractivity contribution is 5.78. The molecule has 2 aliphatic rings. The third-order valence-corrected chi connectivity index (χ3v) is 4.60. The van der Waals surface area contributed by atoms with Gasteiger partial charge in [0.05, 0.1) is 5.92 Å². The molecule has 0 radical (unpaired) electrons. The van der Waals surface area contributed by atoms with Crippen LogP contribution in [0.3, 0.4) is 0 Å². The van der Waals surface area contributed by atoms with Crippen LogP contribution in [-0.2, 0) is 9.53 Å². The van der Waals surface area contributed by atoms with Crippen molar-refractivity contribution in [3.05, 3.63) is 0 Å². The SMILES string of the molecule is CCC1(CC)CN(C)C(=O)N(C)C1OC(=O)C1CC1.